The third kappa shape index (κ3) is 2.19. The van der Waals surface area contributed by atoms with Gasteiger partial charge in [-0.05, 0) is 18.6 Å². The van der Waals surface area contributed by atoms with Crippen molar-refractivity contribution in [2.24, 2.45) is 5.73 Å². The maximum Gasteiger partial charge on any atom is 0.293 e. The normalized spacial score (nSPS) is 19.1. The number of nitro groups is 1. The van der Waals surface area contributed by atoms with Crippen LogP contribution in [0.2, 0.25) is 0 Å². The summed E-state index contributed by atoms with van der Waals surface area (Å²) in [5.41, 5.74) is 6.59. The van der Waals surface area contributed by atoms with Crippen LogP contribution in [0.3, 0.4) is 0 Å². The first kappa shape index (κ1) is 11.4. The second-order valence-electron chi connectivity index (χ2n) is 4.07. The van der Waals surface area contributed by atoms with Crippen LogP contribution in [0.4, 0.5) is 11.4 Å². The van der Waals surface area contributed by atoms with E-state index in [1.165, 1.54) is 6.07 Å². The highest BCUT2D eigenvalue weighted by molar-refractivity contribution is 5.66. The predicted molar refractivity (Wildman–Crippen MR) is 62.6 cm³/mol. The lowest BCUT2D eigenvalue weighted by molar-refractivity contribution is -0.384. The van der Waals surface area contributed by atoms with E-state index < -0.39 is 4.92 Å². The monoisotopic (exact) mass is 232 g/mol. The van der Waals surface area contributed by atoms with E-state index in [9.17, 15) is 10.1 Å². The molecule has 6 heteroatoms. The Morgan fingerprint density at radius 1 is 1.59 bits per heavy atom. The topological polar surface area (TPSA) is 96.2 Å². The summed E-state index contributed by atoms with van der Waals surface area (Å²) in [6.07, 6.45) is 0.831. The molecule has 17 heavy (non-hydrogen) atoms. The van der Waals surface area contributed by atoms with Crippen LogP contribution in [0.25, 0.3) is 0 Å². The Hall–Kier alpha value is -2.13. The SMILES string of the molecule is N#Cc1ccc(N2CCC(N)C2)c([N+](=O)[O-])c1. The number of nitriles is 1. The smallest absolute Gasteiger partial charge is 0.293 e. The molecule has 1 aromatic rings. The molecule has 1 heterocycles. The minimum atomic E-state index is -0.458. The van der Waals surface area contributed by atoms with Crippen molar-refractivity contribution >= 4 is 11.4 Å². The predicted octanol–water partition coefficient (Wildman–Crippen LogP) is 1.00. The Balaban J connectivity index is 2.40. The molecule has 1 fully saturated rings. The Kier molecular flexibility index (Phi) is 2.93. The van der Waals surface area contributed by atoms with Crippen LogP contribution in [-0.4, -0.2) is 24.1 Å². The maximum absolute atomic E-state index is 11.0. The van der Waals surface area contributed by atoms with Gasteiger partial charge in [-0.25, -0.2) is 0 Å². The average molecular weight is 232 g/mol. The maximum atomic E-state index is 11.0. The van der Waals surface area contributed by atoms with E-state index in [2.05, 4.69) is 0 Å². The van der Waals surface area contributed by atoms with Crippen LogP contribution in [0.5, 0.6) is 0 Å². The summed E-state index contributed by atoms with van der Waals surface area (Å²) in [5.74, 6) is 0. The van der Waals surface area contributed by atoms with E-state index in [1.807, 2.05) is 11.0 Å². The third-order valence-electron chi connectivity index (χ3n) is 2.87. The highest BCUT2D eigenvalue weighted by Crippen LogP contribution is 2.31. The minimum absolute atomic E-state index is 0.0295. The molecule has 1 aliphatic rings. The summed E-state index contributed by atoms with van der Waals surface area (Å²) >= 11 is 0. The molecular formula is C11H12N4O2. The van der Waals surface area contributed by atoms with Crippen molar-refractivity contribution in [2.45, 2.75) is 12.5 Å². The Morgan fingerprint density at radius 3 is 2.88 bits per heavy atom. The van der Waals surface area contributed by atoms with E-state index in [0.717, 1.165) is 6.42 Å². The van der Waals surface area contributed by atoms with E-state index in [4.69, 9.17) is 11.0 Å². The van der Waals surface area contributed by atoms with E-state index in [-0.39, 0.29) is 11.7 Å². The van der Waals surface area contributed by atoms with Gasteiger partial charge in [0.05, 0.1) is 16.6 Å². The van der Waals surface area contributed by atoms with Crippen LogP contribution in [-0.2, 0) is 0 Å². The Bertz CT molecular complexity index is 495. The lowest BCUT2D eigenvalue weighted by Gasteiger charge is -2.17. The molecule has 1 unspecified atom stereocenters. The zero-order valence-electron chi connectivity index (χ0n) is 9.17. The highest BCUT2D eigenvalue weighted by atomic mass is 16.6. The van der Waals surface area contributed by atoms with Gasteiger partial charge in [-0.15, -0.1) is 0 Å². The number of anilines is 1. The van der Waals surface area contributed by atoms with Gasteiger partial charge in [0.25, 0.3) is 5.69 Å². The molecule has 1 aromatic carbocycles. The van der Waals surface area contributed by atoms with Gasteiger partial charge in [0.15, 0.2) is 0 Å². The van der Waals surface area contributed by atoms with Gasteiger partial charge in [0.2, 0.25) is 0 Å². The summed E-state index contributed by atoms with van der Waals surface area (Å²) in [6, 6.07) is 6.48. The molecule has 0 amide bonds. The van der Waals surface area contributed by atoms with Gasteiger partial charge in [-0.1, -0.05) is 0 Å². The first-order valence-corrected chi connectivity index (χ1v) is 5.31. The first-order chi connectivity index (χ1) is 8.11. The molecule has 0 aliphatic carbocycles. The Labute approximate surface area is 98.4 Å². The first-order valence-electron chi connectivity index (χ1n) is 5.31. The second kappa shape index (κ2) is 4.39. The van der Waals surface area contributed by atoms with Crippen LogP contribution < -0.4 is 10.6 Å². The van der Waals surface area contributed by atoms with Gasteiger partial charge in [0, 0.05) is 25.2 Å². The van der Waals surface area contributed by atoms with Crippen molar-refractivity contribution in [3.63, 3.8) is 0 Å². The van der Waals surface area contributed by atoms with Crippen LogP contribution in [0.15, 0.2) is 18.2 Å². The van der Waals surface area contributed by atoms with E-state index in [1.54, 1.807) is 12.1 Å². The molecule has 1 atom stereocenters. The summed E-state index contributed by atoms with van der Waals surface area (Å²) in [4.78, 5) is 12.4. The molecule has 2 N–H and O–H groups in total. The zero-order valence-corrected chi connectivity index (χ0v) is 9.17. The molecule has 0 aromatic heterocycles. The van der Waals surface area contributed by atoms with Crippen molar-refractivity contribution < 1.29 is 4.92 Å². The van der Waals surface area contributed by atoms with Crippen molar-refractivity contribution in [1.29, 1.82) is 5.26 Å². The number of nitrogens with zero attached hydrogens (tertiary/aromatic N) is 3. The standard InChI is InChI=1S/C11H12N4O2/c12-6-8-1-2-10(11(5-8)15(16)17)14-4-3-9(13)7-14/h1-2,5,9H,3-4,7,13H2. The third-order valence-corrected chi connectivity index (χ3v) is 2.87. The van der Waals surface area contributed by atoms with Gasteiger partial charge in [-0.3, -0.25) is 10.1 Å². The molecule has 0 bridgehead atoms. The van der Waals surface area contributed by atoms with E-state index >= 15 is 0 Å². The number of hydrogen-bond donors (Lipinski definition) is 1. The zero-order chi connectivity index (χ0) is 12.4. The summed E-state index contributed by atoms with van der Waals surface area (Å²) < 4.78 is 0. The summed E-state index contributed by atoms with van der Waals surface area (Å²) in [5, 5.41) is 19.7. The fraction of sp³-hybridized carbons (Fsp3) is 0.364. The fourth-order valence-electron chi connectivity index (χ4n) is 2.01. The largest absolute Gasteiger partial charge is 0.364 e. The van der Waals surface area contributed by atoms with Crippen LogP contribution >= 0.6 is 0 Å². The molecule has 2 rings (SSSR count). The Morgan fingerprint density at radius 2 is 2.35 bits per heavy atom. The molecule has 88 valence electrons. The van der Waals surface area contributed by atoms with E-state index in [0.29, 0.717) is 24.3 Å². The molecule has 0 radical (unpaired) electrons. The summed E-state index contributed by atoms with van der Waals surface area (Å²) in [7, 11) is 0. The van der Waals surface area contributed by atoms with Crippen molar-refractivity contribution in [1.82, 2.24) is 0 Å². The fourth-order valence-corrected chi connectivity index (χ4v) is 2.01. The second-order valence-corrected chi connectivity index (χ2v) is 4.07. The highest BCUT2D eigenvalue weighted by Gasteiger charge is 2.25. The lowest BCUT2D eigenvalue weighted by atomic mass is 10.2. The lowest BCUT2D eigenvalue weighted by Crippen LogP contribution is -2.26. The van der Waals surface area contributed by atoms with Gasteiger partial charge < -0.3 is 10.6 Å². The number of nitro benzene ring substituents is 1. The van der Waals surface area contributed by atoms with Crippen molar-refractivity contribution in [2.75, 3.05) is 18.0 Å². The summed E-state index contributed by atoms with van der Waals surface area (Å²) in [6.45, 7) is 1.33. The van der Waals surface area contributed by atoms with Gasteiger partial charge >= 0.3 is 0 Å². The molecule has 1 aliphatic heterocycles. The number of rotatable bonds is 2. The average Bonchev–Trinajstić information content (AvgIpc) is 2.75. The molecular weight excluding hydrogens is 220 g/mol. The number of hydrogen-bond acceptors (Lipinski definition) is 5. The van der Waals surface area contributed by atoms with Gasteiger partial charge in [0.1, 0.15) is 5.69 Å². The molecule has 1 saturated heterocycles. The van der Waals surface area contributed by atoms with Crippen LogP contribution in [0, 0.1) is 21.4 Å². The molecule has 6 nitrogen and oxygen atoms in total. The number of benzene rings is 1. The molecule has 0 spiro atoms. The van der Waals surface area contributed by atoms with Crippen molar-refractivity contribution in [3.05, 3.63) is 33.9 Å². The van der Waals surface area contributed by atoms with Gasteiger partial charge in [-0.2, -0.15) is 5.26 Å². The van der Waals surface area contributed by atoms with Crippen molar-refractivity contribution in [3.8, 4) is 6.07 Å². The number of nitrogens with two attached hydrogens (primary N) is 1. The minimum Gasteiger partial charge on any atom is -0.364 e. The van der Waals surface area contributed by atoms with Crippen LogP contribution in [0.1, 0.15) is 12.0 Å². The quantitative estimate of drug-likeness (QED) is 0.606. The molecule has 0 saturated carbocycles.